The summed E-state index contributed by atoms with van der Waals surface area (Å²) in [7, 11) is 1.66. The fourth-order valence-electron chi connectivity index (χ4n) is 2.41. The second-order valence-electron chi connectivity index (χ2n) is 5.02. The zero-order valence-corrected chi connectivity index (χ0v) is 10.9. The molecule has 0 aromatic carbocycles. The van der Waals surface area contributed by atoms with Crippen molar-refractivity contribution in [2.75, 3.05) is 20.3 Å². The monoisotopic (exact) mass is 243 g/mol. The number of ether oxygens (including phenoxy) is 1. The van der Waals surface area contributed by atoms with Gasteiger partial charge in [0.25, 0.3) is 0 Å². The van der Waals surface area contributed by atoms with Gasteiger partial charge < -0.3 is 15.2 Å². The molecule has 17 heavy (non-hydrogen) atoms. The number of aliphatic hydroxyl groups is 1. The molecule has 1 fully saturated rings. The lowest BCUT2D eigenvalue weighted by atomic mass is 9.97. The molecule has 1 aliphatic carbocycles. The Kier molecular flexibility index (Phi) is 6.52. The van der Waals surface area contributed by atoms with Crippen LogP contribution in [0, 0.1) is 11.8 Å². The van der Waals surface area contributed by atoms with Crippen LogP contribution in [0.2, 0.25) is 0 Å². The first-order chi connectivity index (χ1) is 8.17. The summed E-state index contributed by atoms with van der Waals surface area (Å²) < 4.78 is 5.10. The molecule has 0 aromatic heterocycles. The highest BCUT2D eigenvalue weighted by atomic mass is 16.5. The van der Waals surface area contributed by atoms with E-state index >= 15 is 0 Å². The third-order valence-corrected chi connectivity index (χ3v) is 3.79. The molecule has 0 heterocycles. The Bertz CT molecular complexity index is 233. The summed E-state index contributed by atoms with van der Waals surface area (Å²) in [6, 6.07) is 0. The largest absolute Gasteiger partial charge is 0.396 e. The van der Waals surface area contributed by atoms with Crippen LogP contribution in [-0.2, 0) is 9.53 Å². The van der Waals surface area contributed by atoms with Crippen molar-refractivity contribution < 1.29 is 14.6 Å². The average Bonchev–Trinajstić information content (AvgIpc) is 2.80. The fraction of sp³-hybridized carbons (Fsp3) is 0.923. The second-order valence-corrected chi connectivity index (χ2v) is 5.02. The molecular weight excluding hydrogens is 218 g/mol. The molecule has 0 bridgehead atoms. The maximum Gasteiger partial charge on any atom is 0.220 e. The molecule has 1 saturated carbocycles. The van der Waals surface area contributed by atoms with E-state index in [1.165, 1.54) is 6.42 Å². The van der Waals surface area contributed by atoms with Crippen LogP contribution < -0.4 is 5.32 Å². The summed E-state index contributed by atoms with van der Waals surface area (Å²) in [4.78, 5) is 11.6. The van der Waals surface area contributed by atoms with Crippen molar-refractivity contribution in [3.05, 3.63) is 0 Å². The first-order valence-corrected chi connectivity index (χ1v) is 6.57. The van der Waals surface area contributed by atoms with E-state index < -0.39 is 0 Å². The molecule has 0 saturated heterocycles. The molecule has 0 spiro atoms. The van der Waals surface area contributed by atoms with Gasteiger partial charge in [0.1, 0.15) is 0 Å². The van der Waals surface area contributed by atoms with Crippen molar-refractivity contribution in [2.24, 2.45) is 11.8 Å². The highest BCUT2D eigenvalue weighted by molar-refractivity contribution is 5.75. The highest BCUT2D eigenvalue weighted by Crippen LogP contribution is 2.30. The fourth-order valence-corrected chi connectivity index (χ4v) is 2.41. The van der Waals surface area contributed by atoms with Gasteiger partial charge in [-0.15, -0.1) is 0 Å². The summed E-state index contributed by atoms with van der Waals surface area (Å²) in [6.07, 6.45) is 4.81. The molecule has 3 atom stereocenters. The zero-order valence-electron chi connectivity index (χ0n) is 10.9. The number of nitrogens with one attached hydrogen (secondary N) is 1. The van der Waals surface area contributed by atoms with Crippen molar-refractivity contribution in [2.45, 2.75) is 45.1 Å². The Labute approximate surface area is 104 Å². The van der Waals surface area contributed by atoms with Gasteiger partial charge in [-0.05, 0) is 38.0 Å². The van der Waals surface area contributed by atoms with Crippen molar-refractivity contribution >= 4 is 5.91 Å². The van der Waals surface area contributed by atoms with Gasteiger partial charge in [0.05, 0.1) is 6.10 Å². The minimum absolute atomic E-state index is 0.0949. The van der Waals surface area contributed by atoms with Crippen molar-refractivity contribution in [3.8, 4) is 0 Å². The molecule has 1 rings (SSSR count). The Morgan fingerprint density at radius 2 is 2.18 bits per heavy atom. The van der Waals surface area contributed by atoms with Gasteiger partial charge in [0.2, 0.25) is 5.91 Å². The standard InChI is InChI=1S/C13H25NO3/c1-10(17-2)6-7-13(16)14-8-11-4-3-5-12(11)9-15/h10-12,15H,3-9H2,1-2H3,(H,14,16). The van der Waals surface area contributed by atoms with E-state index in [0.717, 1.165) is 19.3 Å². The number of methoxy groups -OCH3 is 1. The molecule has 0 aliphatic heterocycles. The minimum Gasteiger partial charge on any atom is -0.396 e. The van der Waals surface area contributed by atoms with E-state index in [9.17, 15) is 9.90 Å². The van der Waals surface area contributed by atoms with Crippen LogP contribution in [0.1, 0.15) is 39.0 Å². The zero-order chi connectivity index (χ0) is 12.7. The van der Waals surface area contributed by atoms with E-state index in [0.29, 0.717) is 24.8 Å². The number of hydrogen-bond donors (Lipinski definition) is 2. The number of carbonyl (C=O) groups is 1. The van der Waals surface area contributed by atoms with Crippen molar-refractivity contribution in [1.29, 1.82) is 0 Å². The van der Waals surface area contributed by atoms with Gasteiger partial charge >= 0.3 is 0 Å². The van der Waals surface area contributed by atoms with Crippen LogP contribution in [0.5, 0.6) is 0 Å². The summed E-state index contributed by atoms with van der Waals surface area (Å²) in [5.74, 6) is 0.939. The maximum absolute atomic E-state index is 11.6. The normalized spacial score (nSPS) is 25.8. The highest BCUT2D eigenvalue weighted by Gasteiger charge is 2.26. The minimum atomic E-state index is 0.0949. The number of aliphatic hydroxyl groups excluding tert-OH is 1. The predicted molar refractivity (Wildman–Crippen MR) is 66.6 cm³/mol. The summed E-state index contributed by atoms with van der Waals surface area (Å²) >= 11 is 0. The lowest BCUT2D eigenvalue weighted by Gasteiger charge is -2.18. The van der Waals surface area contributed by atoms with E-state index in [1.807, 2.05) is 6.92 Å². The van der Waals surface area contributed by atoms with Crippen LogP contribution in [0.3, 0.4) is 0 Å². The Morgan fingerprint density at radius 1 is 1.47 bits per heavy atom. The van der Waals surface area contributed by atoms with Crippen LogP contribution in [-0.4, -0.2) is 37.4 Å². The van der Waals surface area contributed by atoms with Crippen LogP contribution in [0.15, 0.2) is 0 Å². The predicted octanol–water partition coefficient (Wildman–Crippen LogP) is 1.33. The number of carbonyl (C=O) groups excluding carboxylic acids is 1. The Hall–Kier alpha value is -0.610. The molecule has 1 aliphatic rings. The smallest absolute Gasteiger partial charge is 0.220 e. The summed E-state index contributed by atoms with van der Waals surface area (Å²) in [5.41, 5.74) is 0. The number of rotatable bonds is 7. The van der Waals surface area contributed by atoms with E-state index in [-0.39, 0.29) is 18.6 Å². The average molecular weight is 243 g/mol. The lowest BCUT2D eigenvalue weighted by Crippen LogP contribution is -2.32. The van der Waals surface area contributed by atoms with Crippen molar-refractivity contribution in [3.63, 3.8) is 0 Å². The molecule has 0 radical (unpaired) electrons. The Morgan fingerprint density at radius 3 is 2.82 bits per heavy atom. The molecule has 1 amide bonds. The first kappa shape index (κ1) is 14.5. The third kappa shape index (κ3) is 5.04. The lowest BCUT2D eigenvalue weighted by molar-refractivity contribution is -0.122. The van der Waals surface area contributed by atoms with Gasteiger partial charge in [-0.2, -0.15) is 0 Å². The quantitative estimate of drug-likeness (QED) is 0.709. The second kappa shape index (κ2) is 7.67. The topological polar surface area (TPSA) is 58.6 Å². The van der Waals surface area contributed by atoms with E-state index in [2.05, 4.69) is 5.32 Å². The Balaban J connectivity index is 2.15. The van der Waals surface area contributed by atoms with Gasteiger partial charge in [-0.3, -0.25) is 4.79 Å². The number of amides is 1. The molecule has 2 N–H and O–H groups in total. The third-order valence-electron chi connectivity index (χ3n) is 3.79. The molecule has 100 valence electrons. The molecule has 0 aromatic rings. The van der Waals surface area contributed by atoms with Crippen LogP contribution >= 0.6 is 0 Å². The van der Waals surface area contributed by atoms with Gasteiger partial charge in [-0.1, -0.05) is 6.42 Å². The SMILES string of the molecule is COC(C)CCC(=O)NCC1CCCC1CO. The summed E-state index contributed by atoms with van der Waals surface area (Å²) in [5, 5.41) is 12.1. The molecule has 4 heteroatoms. The van der Waals surface area contributed by atoms with E-state index in [4.69, 9.17) is 4.74 Å². The van der Waals surface area contributed by atoms with Gasteiger partial charge in [0.15, 0.2) is 0 Å². The van der Waals surface area contributed by atoms with Crippen molar-refractivity contribution in [1.82, 2.24) is 5.32 Å². The van der Waals surface area contributed by atoms with Gasteiger partial charge in [0, 0.05) is 26.7 Å². The van der Waals surface area contributed by atoms with Crippen LogP contribution in [0.4, 0.5) is 0 Å². The number of hydrogen-bond acceptors (Lipinski definition) is 3. The first-order valence-electron chi connectivity index (χ1n) is 6.57. The molecular formula is C13H25NO3. The van der Waals surface area contributed by atoms with Gasteiger partial charge in [-0.25, -0.2) is 0 Å². The molecule has 4 nitrogen and oxygen atoms in total. The molecule has 3 unspecified atom stereocenters. The van der Waals surface area contributed by atoms with Crippen LogP contribution in [0.25, 0.3) is 0 Å². The summed E-state index contributed by atoms with van der Waals surface area (Å²) in [6.45, 7) is 2.93. The van der Waals surface area contributed by atoms with E-state index in [1.54, 1.807) is 7.11 Å². The maximum atomic E-state index is 11.6.